The highest BCUT2D eigenvalue weighted by atomic mass is 16.5. The number of rotatable bonds is 5. The third-order valence-corrected chi connectivity index (χ3v) is 2.03. The van der Waals surface area contributed by atoms with Gasteiger partial charge in [-0.05, 0) is 19.8 Å². The minimum Gasteiger partial charge on any atom is -0.459 e. The molecule has 0 N–H and O–H groups in total. The highest BCUT2D eigenvalue weighted by Crippen LogP contribution is 2.06. The summed E-state index contributed by atoms with van der Waals surface area (Å²) < 4.78 is 6.79. The van der Waals surface area contributed by atoms with Gasteiger partial charge in [0.25, 0.3) is 0 Å². The minimum absolute atomic E-state index is 0.0873. The molecule has 0 unspecified atom stereocenters. The Morgan fingerprint density at radius 1 is 1.80 bits per heavy atom. The van der Waals surface area contributed by atoms with Gasteiger partial charge < -0.3 is 4.74 Å². The number of aromatic nitrogens is 2. The molecule has 15 heavy (non-hydrogen) atoms. The third-order valence-electron chi connectivity index (χ3n) is 2.03. The van der Waals surface area contributed by atoms with Crippen molar-refractivity contribution in [3.05, 3.63) is 30.6 Å². The van der Waals surface area contributed by atoms with Gasteiger partial charge in [-0.1, -0.05) is 6.08 Å². The lowest BCUT2D eigenvalue weighted by Gasteiger charge is -2.10. The summed E-state index contributed by atoms with van der Waals surface area (Å²) in [6, 6.07) is 0. The average molecular weight is 208 g/mol. The molecule has 0 radical (unpaired) electrons. The number of esters is 1. The standard InChI is InChI=1S/C11H16N2O2/c1-4-5-6-9(2)15-11(14)10-7-12-13(3)8-10/h4,7-9H,1,5-6H2,2-3H3/t9-/m0/s1. The summed E-state index contributed by atoms with van der Waals surface area (Å²) in [5.74, 6) is -0.320. The van der Waals surface area contributed by atoms with E-state index in [1.165, 1.54) is 6.20 Å². The molecule has 1 heterocycles. The van der Waals surface area contributed by atoms with Gasteiger partial charge in [0.05, 0.1) is 17.9 Å². The average Bonchev–Trinajstić information content (AvgIpc) is 2.61. The summed E-state index contributed by atoms with van der Waals surface area (Å²) in [6.45, 7) is 5.49. The lowest BCUT2D eigenvalue weighted by atomic mass is 10.2. The lowest BCUT2D eigenvalue weighted by Crippen LogP contribution is -2.14. The summed E-state index contributed by atoms with van der Waals surface area (Å²) in [5.41, 5.74) is 0.489. The highest BCUT2D eigenvalue weighted by Gasteiger charge is 2.12. The van der Waals surface area contributed by atoms with Gasteiger partial charge in [-0.25, -0.2) is 4.79 Å². The van der Waals surface area contributed by atoms with Crippen molar-refractivity contribution in [1.29, 1.82) is 0 Å². The first-order chi connectivity index (χ1) is 7.13. The van der Waals surface area contributed by atoms with Crippen molar-refractivity contribution in [2.24, 2.45) is 7.05 Å². The number of ether oxygens (including phenoxy) is 1. The fourth-order valence-corrected chi connectivity index (χ4v) is 1.19. The summed E-state index contributed by atoms with van der Waals surface area (Å²) in [7, 11) is 1.76. The predicted octanol–water partition coefficient (Wildman–Crippen LogP) is 1.93. The van der Waals surface area contributed by atoms with Crippen LogP contribution in [0.2, 0.25) is 0 Å². The molecule has 0 aliphatic rings. The maximum atomic E-state index is 11.5. The molecule has 0 saturated heterocycles. The van der Waals surface area contributed by atoms with Crippen molar-refractivity contribution in [2.45, 2.75) is 25.9 Å². The monoisotopic (exact) mass is 208 g/mol. The summed E-state index contributed by atoms with van der Waals surface area (Å²) in [4.78, 5) is 11.5. The van der Waals surface area contributed by atoms with Gasteiger partial charge in [-0.2, -0.15) is 5.10 Å². The van der Waals surface area contributed by atoms with E-state index in [4.69, 9.17) is 4.74 Å². The zero-order valence-corrected chi connectivity index (χ0v) is 9.14. The van der Waals surface area contributed by atoms with Gasteiger partial charge in [0, 0.05) is 13.2 Å². The Hall–Kier alpha value is -1.58. The third kappa shape index (κ3) is 3.58. The van der Waals surface area contributed by atoms with Crippen molar-refractivity contribution in [3.63, 3.8) is 0 Å². The number of allylic oxidation sites excluding steroid dienone is 1. The molecule has 82 valence electrons. The molecule has 1 atom stereocenters. The molecule has 0 saturated carbocycles. The van der Waals surface area contributed by atoms with Crippen molar-refractivity contribution in [2.75, 3.05) is 0 Å². The predicted molar refractivity (Wildman–Crippen MR) is 57.5 cm³/mol. The first-order valence-electron chi connectivity index (χ1n) is 4.94. The van der Waals surface area contributed by atoms with E-state index < -0.39 is 0 Å². The minimum atomic E-state index is -0.320. The number of aryl methyl sites for hydroxylation is 1. The van der Waals surface area contributed by atoms with Crippen LogP contribution in [-0.4, -0.2) is 21.9 Å². The SMILES string of the molecule is C=CCC[C@H](C)OC(=O)c1cnn(C)c1. The summed E-state index contributed by atoms with van der Waals surface area (Å²) in [5, 5.41) is 3.91. The van der Waals surface area contributed by atoms with Crippen molar-refractivity contribution in [3.8, 4) is 0 Å². The Bertz CT molecular complexity index is 344. The zero-order valence-electron chi connectivity index (χ0n) is 9.14. The van der Waals surface area contributed by atoms with Crippen LogP contribution in [0.1, 0.15) is 30.1 Å². The largest absolute Gasteiger partial charge is 0.459 e. The Labute approximate surface area is 89.5 Å². The molecule has 4 nitrogen and oxygen atoms in total. The van der Waals surface area contributed by atoms with Gasteiger partial charge in [0.2, 0.25) is 0 Å². The van der Waals surface area contributed by atoms with E-state index in [0.29, 0.717) is 5.56 Å². The molecule has 0 aliphatic heterocycles. The van der Waals surface area contributed by atoms with E-state index >= 15 is 0 Å². The molecular formula is C11H16N2O2. The molecular weight excluding hydrogens is 192 g/mol. The summed E-state index contributed by atoms with van der Waals surface area (Å²) >= 11 is 0. The van der Waals surface area contributed by atoms with Crippen molar-refractivity contribution in [1.82, 2.24) is 9.78 Å². The number of carbonyl (C=O) groups is 1. The van der Waals surface area contributed by atoms with Crippen LogP contribution < -0.4 is 0 Å². The maximum absolute atomic E-state index is 11.5. The fraction of sp³-hybridized carbons (Fsp3) is 0.455. The Morgan fingerprint density at radius 3 is 3.07 bits per heavy atom. The van der Waals surface area contributed by atoms with Crippen LogP contribution in [0, 0.1) is 0 Å². The Kier molecular flexibility index (Phi) is 4.09. The quantitative estimate of drug-likeness (QED) is 0.548. The molecule has 4 heteroatoms. The van der Waals surface area contributed by atoms with Crippen LogP contribution in [0.4, 0.5) is 0 Å². The van der Waals surface area contributed by atoms with Gasteiger partial charge in [0.15, 0.2) is 0 Å². The molecule has 0 spiro atoms. The lowest BCUT2D eigenvalue weighted by molar-refractivity contribution is 0.0326. The van der Waals surface area contributed by atoms with Crippen LogP contribution in [0.15, 0.2) is 25.0 Å². The summed E-state index contributed by atoms with van der Waals surface area (Å²) in [6.07, 6.45) is 6.52. The van der Waals surface area contributed by atoms with E-state index in [2.05, 4.69) is 11.7 Å². The van der Waals surface area contributed by atoms with E-state index in [-0.39, 0.29) is 12.1 Å². The molecule has 0 amide bonds. The smallest absolute Gasteiger partial charge is 0.341 e. The number of nitrogens with zero attached hydrogens (tertiary/aromatic N) is 2. The molecule has 0 aromatic carbocycles. The molecule has 1 rings (SSSR count). The van der Waals surface area contributed by atoms with E-state index in [9.17, 15) is 4.79 Å². The number of carbonyl (C=O) groups excluding carboxylic acids is 1. The van der Waals surface area contributed by atoms with Crippen LogP contribution >= 0.6 is 0 Å². The Balaban J connectivity index is 2.45. The van der Waals surface area contributed by atoms with Crippen LogP contribution in [0.25, 0.3) is 0 Å². The highest BCUT2D eigenvalue weighted by molar-refractivity contribution is 5.88. The second-order valence-corrected chi connectivity index (χ2v) is 3.48. The van der Waals surface area contributed by atoms with Crippen molar-refractivity contribution < 1.29 is 9.53 Å². The maximum Gasteiger partial charge on any atom is 0.341 e. The van der Waals surface area contributed by atoms with Crippen molar-refractivity contribution >= 4 is 5.97 Å². The van der Waals surface area contributed by atoms with Gasteiger partial charge in [-0.3, -0.25) is 4.68 Å². The van der Waals surface area contributed by atoms with Crippen LogP contribution in [-0.2, 0) is 11.8 Å². The molecule has 1 aromatic rings. The number of hydrogen-bond donors (Lipinski definition) is 0. The van der Waals surface area contributed by atoms with E-state index in [0.717, 1.165) is 12.8 Å². The number of hydrogen-bond acceptors (Lipinski definition) is 3. The molecule has 0 aliphatic carbocycles. The fourth-order valence-electron chi connectivity index (χ4n) is 1.19. The second-order valence-electron chi connectivity index (χ2n) is 3.48. The van der Waals surface area contributed by atoms with Gasteiger partial charge in [0.1, 0.15) is 0 Å². The molecule has 0 bridgehead atoms. The topological polar surface area (TPSA) is 44.1 Å². The normalized spacial score (nSPS) is 12.1. The van der Waals surface area contributed by atoms with Crippen LogP contribution in [0.3, 0.4) is 0 Å². The zero-order chi connectivity index (χ0) is 11.3. The second kappa shape index (κ2) is 5.34. The van der Waals surface area contributed by atoms with E-state index in [1.54, 1.807) is 17.9 Å². The van der Waals surface area contributed by atoms with Gasteiger partial charge in [-0.15, -0.1) is 6.58 Å². The van der Waals surface area contributed by atoms with Gasteiger partial charge >= 0.3 is 5.97 Å². The first kappa shape index (κ1) is 11.5. The van der Waals surface area contributed by atoms with Crippen LogP contribution in [0.5, 0.6) is 0 Å². The first-order valence-corrected chi connectivity index (χ1v) is 4.94. The molecule has 1 aromatic heterocycles. The molecule has 0 fully saturated rings. The Morgan fingerprint density at radius 2 is 2.53 bits per heavy atom. The van der Waals surface area contributed by atoms with E-state index in [1.807, 2.05) is 13.0 Å².